The van der Waals surface area contributed by atoms with Crippen LogP contribution in [0.5, 0.6) is 0 Å². The third-order valence-electron chi connectivity index (χ3n) is 4.68. The fraction of sp³-hybridized carbons (Fsp3) is 0.100. The Morgan fingerprint density at radius 1 is 1.30 bits per heavy atom. The summed E-state index contributed by atoms with van der Waals surface area (Å²) in [6.45, 7) is 1.94. The summed E-state index contributed by atoms with van der Waals surface area (Å²) in [7, 11) is 0. The fourth-order valence-electron chi connectivity index (χ4n) is 3.29. The van der Waals surface area contributed by atoms with Crippen molar-refractivity contribution in [1.29, 1.82) is 5.26 Å². The number of nitrogen functional groups attached to an aromatic ring is 1. The number of benzene rings is 2. The second kappa shape index (κ2) is 7.21. The van der Waals surface area contributed by atoms with E-state index >= 15 is 0 Å². The van der Waals surface area contributed by atoms with E-state index in [2.05, 4.69) is 15.1 Å². The molecule has 2 aromatic carbocycles. The Labute approximate surface area is 169 Å². The van der Waals surface area contributed by atoms with E-state index in [1.54, 1.807) is 35.9 Å². The number of nitro groups is 1. The van der Waals surface area contributed by atoms with Crippen LogP contribution in [0.25, 0.3) is 22.3 Å². The van der Waals surface area contributed by atoms with Crippen molar-refractivity contribution in [3.8, 4) is 17.3 Å². The maximum atomic E-state index is 14.7. The van der Waals surface area contributed by atoms with Gasteiger partial charge in [0.05, 0.1) is 34.3 Å². The number of nitrogens with zero attached hydrogens (tertiary/aromatic N) is 6. The van der Waals surface area contributed by atoms with Crippen molar-refractivity contribution in [2.45, 2.75) is 13.5 Å². The lowest BCUT2D eigenvalue weighted by molar-refractivity contribution is -0.385. The molecule has 4 aromatic rings. The van der Waals surface area contributed by atoms with Crippen molar-refractivity contribution in [2.75, 3.05) is 5.73 Å². The lowest BCUT2D eigenvalue weighted by Gasteiger charge is -2.08. The highest BCUT2D eigenvalue weighted by Gasteiger charge is 2.18. The number of fused-ring (bicyclic) bond motifs is 1. The minimum absolute atomic E-state index is 0.0331. The molecule has 0 radical (unpaired) electrons. The standard InChI is InChI=1S/C20H14FN7O2/c1-11-7-12(5-6-16(11)28(29)30)10-27-19-15(9-24-27)18(25-20(23)26-19)14-4-2-3-13(8-22)17(14)21/h2-7,9H,10H2,1H3,(H2,23,25,26). The van der Waals surface area contributed by atoms with E-state index in [1.165, 1.54) is 24.4 Å². The third-order valence-corrected chi connectivity index (χ3v) is 4.68. The van der Waals surface area contributed by atoms with Crippen molar-refractivity contribution in [1.82, 2.24) is 19.7 Å². The van der Waals surface area contributed by atoms with Gasteiger partial charge < -0.3 is 5.73 Å². The summed E-state index contributed by atoms with van der Waals surface area (Å²) >= 11 is 0. The Bertz CT molecular complexity index is 1360. The third kappa shape index (κ3) is 3.18. The van der Waals surface area contributed by atoms with Crippen LogP contribution < -0.4 is 5.73 Å². The summed E-state index contributed by atoms with van der Waals surface area (Å²) in [6, 6.07) is 11.0. The average Bonchev–Trinajstić information content (AvgIpc) is 3.10. The van der Waals surface area contributed by atoms with Crippen LogP contribution >= 0.6 is 0 Å². The highest BCUT2D eigenvalue weighted by molar-refractivity contribution is 5.91. The fourth-order valence-corrected chi connectivity index (χ4v) is 3.29. The van der Waals surface area contributed by atoms with Gasteiger partial charge in [0.25, 0.3) is 5.69 Å². The Balaban J connectivity index is 1.81. The number of nitrogens with two attached hydrogens (primary N) is 1. The zero-order valence-electron chi connectivity index (χ0n) is 15.7. The van der Waals surface area contributed by atoms with Crippen LogP contribution in [0.4, 0.5) is 16.0 Å². The van der Waals surface area contributed by atoms with Crippen molar-refractivity contribution in [2.24, 2.45) is 0 Å². The van der Waals surface area contributed by atoms with E-state index in [9.17, 15) is 14.5 Å². The lowest BCUT2D eigenvalue weighted by atomic mass is 10.1. The maximum Gasteiger partial charge on any atom is 0.272 e. The molecule has 2 aromatic heterocycles. The molecular formula is C20H14FN7O2. The van der Waals surface area contributed by atoms with Gasteiger partial charge in [-0.15, -0.1) is 0 Å². The van der Waals surface area contributed by atoms with Gasteiger partial charge in [0.15, 0.2) is 5.65 Å². The van der Waals surface area contributed by atoms with Gasteiger partial charge in [-0.2, -0.15) is 15.3 Å². The van der Waals surface area contributed by atoms with E-state index < -0.39 is 10.7 Å². The molecule has 0 atom stereocenters. The van der Waals surface area contributed by atoms with Crippen LogP contribution in [0.1, 0.15) is 16.7 Å². The van der Waals surface area contributed by atoms with Gasteiger partial charge in [0, 0.05) is 17.2 Å². The number of rotatable bonds is 4. The molecule has 0 aliphatic carbocycles. The first-order valence-electron chi connectivity index (χ1n) is 8.81. The van der Waals surface area contributed by atoms with Gasteiger partial charge in [0.1, 0.15) is 11.9 Å². The van der Waals surface area contributed by atoms with Crippen LogP contribution in [0.2, 0.25) is 0 Å². The molecular weight excluding hydrogens is 389 g/mol. The first-order valence-corrected chi connectivity index (χ1v) is 8.81. The molecule has 10 heteroatoms. The van der Waals surface area contributed by atoms with Gasteiger partial charge in [-0.1, -0.05) is 12.1 Å². The van der Waals surface area contributed by atoms with Gasteiger partial charge in [-0.3, -0.25) is 10.1 Å². The van der Waals surface area contributed by atoms with E-state index in [0.29, 0.717) is 16.6 Å². The van der Waals surface area contributed by atoms with Crippen LogP contribution in [0.15, 0.2) is 42.6 Å². The highest BCUT2D eigenvalue weighted by Crippen LogP contribution is 2.30. The molecule has 0 bridgehead atoms. The number of hydrogen-bond acceptors (Lipinski definition) is 7. The van der Waals surface area contributed by atoms with Crippen molar-refractivity contribution in [3.63, 3.8) is 0 Å². The first-order chi connectivity index (χ1) is 14.4. The second-order valence-corrected chi connectivity index (χ2v) is 6.63. The van der Waals surface area contributed by atoms with E-state index in [-0.39, 0.29) is 35.0 Å². The number of anilines is 1. The lowest BCUT2D eigenvalue weighted by Crippen LogP contribution is -2.06. The Hall–Kier alpha value is -4.39. The smallest absolute Gasteiger partial charge is 0.272 e. The summed E-state index contributed by atoms with van der Waals surface area (Å²) < 4.78 is 16.3. The van der Waals surface area contributed by atoms with Gasteiger partial charge in [-0.05, 0) is 30.7 Å². The van der Waals surface area contributed by atoms with Crippen LogP contribution in [-0.4, -0.2) is 24.7 Å². The molecule has 0 unspecified atom stereocenters. The Kier molecular flexibility index (Phi) is 4.56. The zero-order chi connectivity index (χ0) is 21.4. The number of halogens is 1. The second-order valence-electron chi connectivity index (χ2n) is 6.63. The van der Waals surface area contributed by atoms with E-state index in [1.807, 2.05) is 0 Å². The summed E-state index contributed by atoms with van der Waals surface area (Å²) in [4.78, 5) is 19.0. The normalized spacial score (nSPS) is 10.8. The molecule has 2 heterocycles. The molecule has 0 saturated carbocycles. The molecule has 0 aliphatic heterocycles. The molecule has 2 N–H and O–H groups in total. The van der Waals surface area contributed by atoms with E-state index in [0.717, 1.165) is 5.56 Å². The number of aryl methyl sites for hydroxylation is 1. The zero-order valence-corrected chi connectivity index (χ0v) is 15.7. The predicted molar refractivity (Wildman–Crippen MR) is 107 cm³/mol. The molecule has 9 nitrogen and oxygen atoms in total. The summed E-state index contributed by atoms with van der Waals surface area (Å²) in [5, 5.41) is 24.9. The molecule has 0 fully saturated rings. The molecule has 0 saturated heterocycles. The van der Waals surface area contributed by atoms with Crippen molar-refractivity contribution >= 4 is 22.7 Å². The van der Waals surface area contributed by atoms with Crippen molar-refractivity contribution < 1.29 is 9.31 Å². The molecule has 0 amide bonds. The SMILES string of the molecule is Cc1cc(Cn2ncc3c(-c4cccc(C#N)c4F)nc(N)nc32)ccc1[N+](=O)[O-]. The predicted octanol–water partition coefficient (Wildman–Crippen LogP) is 3.35. The van der Waals surface area contributed by atoms with Gasteiger partial charge >= 0.3 is 0 Å². The molecule has 0 aliphatic rings. The monoisotopic (exact) mass is 403 g/mol. The topological polar surface area (TPSA) is 137 Å². The number of nitriles is 1. The van der Waals surface area contributed by atoms with Crippen molar-refractivity contribution in [3.05, 3.63) is 75.2 Å². The number of hydrogen-bond donors (Lipinski definition) is 1. The summed E-state index contributed by atoms with van der Waals surface area (Å²) in [5.74, 6) is -0.765. The number of aromatic nitrogens is 4. The number of nitro benzene ring substituents is 1. The maximum absolute atomic E-state index is 14.7. The Morgan fingerprint density at radius 2 is 2.10 bits per heavy atom. The Morgan fingerprint density at radius 3 is 2.80 bits per heavy atom. The molecule has 4 rings (SSSR count). The summed E-state index contributed by atoms with van der Waals surface area (Å²) in [6.07, 6.45) is 1.50. The first kappa shape index (κ1) is 18.9. The quantitative estimate of drug-likeness (QED) is 0.407. The molecule has 148 valence electrons. The van der Waals surface area contributed by atoms with Gasteiger partial charge in [0.2, 0.25) is 5.95 Å². The molecule has 30 heavy (non-hydrogen) atoms. The minimum Gasteiger partial charge on any atom is -0.368 e. The minimum atomic E-state index is -0.696. The van der Waals surface area contributed by atoms with Crippen LogP contribution in [0.3, 0.4) is 0 Å². The van der Waals surface area contributed by atoms with Crippen LogP contribution in [-0.2, 0) is 6.54 Å². The van der Waals surface area contributed by atoms with Crippen LogP contribution in [0, 0.1) is 34.2 Å². The largest absolute Gasteiger partial charge is 0.368 e. The average molecular weight is 403 g/mol. The molecule has 0 spiro atoms. The highest BCUT2D eigenvalue weighted by atomic mass is 19.1. The summed E-state index contributed by atoms with van der Waals surface area (Å²) in [5.41, 5.74) is 7.83. The van der Waals surface area contributed by atoms with Gasteiger partial charge in [-0.25, -0.2) is 14.1 Å². The van der Waals surface area contributed by atoms with E-state index in [4.69, 9.17) is 11.0 Å².